The maximum atomic E-state index is 7.18. The van der Waals surface area contributed by atoms with Crippen molar-refractivity contribution in [3.8, 4) is 5.75 Å². The first kappa shape index (κ1) is 11.4. The van der Waals surface area contributed by atoms with Crippen LogP contribution in [0.1, 0.15) is 17.5 Å². The van der Waals surface area contributed by atoms with Gasteiger partial charge in [0.25, 0.3) is 0 Å². The Hall–Kier alpha value is -1.68. The molecule has 0 amide bonds. The van der Waals surface area contributed by atoms with Gasteiger partial charge in [0.15, 0.2) is 0 Å². The smallest absolute Gasteiger partial charge is 0.213 e. The molecule has 1 N–H and O–H groups in total. The lowest BCUT2D eigenvalue weighted by atomic mass is 10.1. The van der Waals surface area contributed by atoms with E-state index in [9.17, 15) is 0 Å². The van der Waals surface area contributed by atoms with Crippen LogP contribution in [0, 0.1) is 5.41 Å². The van der Waals surface area contributed by atoms with E-state index < -0.39 is 0 Å². The molecule has 1 unspecified atom stereocenters. The lowest BCUT2D eigenvalue weighted by Gasteiger charge is -2.20. The van der Waals surface area contributed by atoms with Gasteiger partial charge in [-0.3, -0.25) is 0 Å². The van der Waals surface area contributed by atoms with Gasteiger partial charge in [0, 0.05) is 6.21 Å². The van der Waals surface area contributed by atoms with Crippen LogP contribution in [0.2, 0.25) is 0 Å². The predicted octanol–water partition coefficient (Wildman–Crippen LogP) is 2.00. The Labute approximate surface area is 106 Å². The number of ether oxygens (including phenoxy) is 2. The first-order valence-electron chi connectivity index (χ1n) is 6.28. The highest BCUT2D eigenvalue weighted by Crippen LogP contribution is 2.26. The molecule has 1 atom stereocenters. The number of hydrogen-bond donors (Lipinski definition) is 1. The molecule has 94 valence electrons. The molecule has 0 spiro atoms. The quantitative estimate of drug-likeness (QED) is 0.827. The molecule has 1 aromatic rings. The summed E-state index contributed by atoms with van der Waals surface area (Å²) in [6.45, 7) is 0.863. The Morgan fingerprint density at radius 2 is 2.22 bits per heavy atom. The Balaban J connectivity index is 1.74. The van der Waals surface area contributed by atoms with Crippen LogP contribution in [0.5, 0.6) is 5.75 Å². The fraction of sp³-hybridized carbons (Fsp3) is 0.429. The monoisotopic (exact) mass is 244 g/mol. The van der Waals surface area contributed by atoms with Crippen LogP contribution in [0.25, 0.3) is 0 Å². The number of benzene rings is 1. The third kappa shape index (κ3) is 2.29. The molecule has 3 rings (SSSR count). The molecular weight excluding hydrogens is 228 g/mol. The maximum absolute atomic E-state index is 7.18. The summed E-state index contributed by atoms with van der Waals surface area (Å²) < 4.78 is 11.1. The molecule has 0 fully saturated rings. The van der Waals surface area contributed by atoms with E-state index >= 15 is 0 Å². The highest BCUT2D eigenvalue weighted by molar-refractivity contribution is 6.30. The van der Waals surface area contributed by atoms with E-state index in [1.807, 2.05) is 6.07 Å². The zero-order valence-corrected chi connectivity index (χ0v) is 10.2. The average molecular weight is 244 g/mol. The van der Waals surface area contributed by atoms with Gasteiger partial charge in [-0.15, -0.1) is 0 Å². The molecule has 1 aromatic carbocycles. The van der Waals surface area contributed by atoms with Crippen LogP contribution in [0.4, 0.5) is 0 Å². The van der Waals surface area contributed by atoms with Crippen molar-refractivity contribution in [1.82, 2.24) is 0 Å². The first-order valence-corrected chi connectivity index (χ1v) is 6.28. The van der Waals surface area contributed by atoms with E-state index in [0.717, 1.165) is 12.2 Å². The predicted molar refractivity (Wildman–Crippen MR) is 69.9 cm³/mol. The van der Waals surface area contributed by atoms with E-state index in [1.54, 1.807) is 0 Å². The van der Waals surface area contributed by atoms with E-state index in [1.165, 1.54) is 30.2 Å². The number of rotatable bonds is 3. The SMILES string of the molecule is N=CC1=NC(Oc2ccc3c(c2)CCC3)COC1. The number of nitrogens with one attached hydrogen (secondary N) is 1. The highest BCUT2D eigenvalue weighted by Gasteiger charge is 2.17. The third-order valence-electron chi connectivity index (χ3n) is 3.33. The minimum atomic E-state index is -0.324. The minimum Gasteiger partial charge on any atom is -0.466 e. The van der Waals surface area contributed by atoms with Crippen LogP contribution >= 0.6 is 0 Å². The summed E-state index contributed by atoms with van der Waals surface area (Å²) in [5, 5.41) is 7.18. The van der Waals surface area contributed by atoms with E-state index in [0.29, 0.717) is 18.9 Å². The molecule has 4 nitrogen and oxygen atoms in total. The van der Waals surface area contributed by atoms with Crippen LogP contribution in [0.3, 0.4) is 0 Å². The van der Waals surface area contributed by atoms with Crippen molar-refractivity contribution >= 4 is 11.9 Å². The molecule has 4 heteroatoms. The number of hydrogen-bond acceptors (Lipinski definition) is 4. The summed E-state index contributed by atoms with van der Waals surface area (Å²) in [5.74, 6) is 0.847. The molecule has 0 aromatic heterocycles. The van der Waals surface area contributed by atoms with Crippen molar-refractivity contribution < 1.29 is 9.47 Å². The molecule has 0 bridgehead atoms. The highest BCUT2D eigenvalue weighted by atomic mass is 16.5. The maximum Gasteiger partial charge on any atom is 0.213 e. The summed E-state index contributed by atoms with van der Waals surface area (Å²) in [5.41, 5.74) is 3.46. The van der Waals surface area contributed by atoms with Crippen LogP contribution in [-0.2, 0) is 17.6 Å². The Bertz CT molecular complexity index is 497. The number of fused-ring (bicyclic) bond motifs is 1. The van der Waals surface area contributed by atoms with Gasteiger partial charge >= 0.3 is 0 Å². The van der Waals surface area contributed by atoms with Crippen molar-refractivity contribution in [2.45, 2.75) is 25.5 Å². The van der Waals surface area contributed by atoms with Gasteiger partial charge in [-0.25, -0.2) is 4.99 Å². The van der Waals surface area contributed by atoms with Crippen LogP contribution in [0.15, 0.2) is 23.2 Å². The summed E-state index contributed by atoms with van der Waals surface area (Å²) in [6, 6.07) is 6.25. The third-order valence-corrected chi connectivity index (χ3v) is 3.33. The second-order valence-corrected chi connectivity index (χ2v) is 4.64. The van der Waals surface area contributed by atoms with Crippen molar-refractivity contribution in [2.24, 2.45) is 4.99 Å². The van der Waals surface area contributed by atoms with Crippen LogP contribution < -0.4 is 4.74 Å². The topological polar surface area (TPSA) is 54.7 Å². The standard InChI is InChI=1S/C14H16N2O2/c15-7-12-8-17-9-14(16-12)18-13-5-4-10-2-1-3-11(10)6-13/h4-7,14-15H,1-3,8-9H2. The van der Waals surface area contributed by atoms with Gasteiger partial charge in [0.1, 0.15) is 12.4 Å². The fourth-order valence-corrected chi connectivity index (χ4v) is 2.44. The van der Waals surface area contributed by atoms with Gasteiger partial charge in [0.2, 0.25) is 6.23 Å². The van der Waals surface area contributed by atoms with Crippen molar-refractivity contribution in [3.05, 3.63) is 29.3 Å². The van der Waals surface area contributed by atoms with Crippen LogP contribution in [-0.4, -0.2) is 31.4 Å². The summed E-state index contributed by atoms with van der Waals surface area (Å²) in [6.07, 6.45) is 4.45. The summed E-state index contributed by atoms with van der Waals surface area (Å²) in [4.78, 5) is 4.32. The van der Waals surface area contributed by atoms with Gasteiger partial charge in [-0.05, 0) is 42.5 Å². The molecule has 2 aliphatic rings. The van der Waals surface area contributed by atoms with Gasteiger partial charge in [-0.1, -0.05) is 6.07 Å². The molecule has 0 saturated carbocycles. The van der Waals surface area contributed by atoms with E-state index in [-0.39, 0.29) is 6.23 Å². The lowest BCUT2D eigenvalue weighted by molar-refractivity contribution is 0.0617. The normalized spacial score (nSPS) is 22.2. The van der Waals surface area contributed by atoms with E-state index in [4.69, 9.17) is 14.9 Å². The molecular formula is C14H16N2O2. The molecule has 0 radical (unpaired) electrons. The van der Waals surface area contributed by atoms with Gasteiger partial charge < -0.3 is 14.9 Å². The number of aliphatic imine (C=N–C) groups is 1. The van der Waals surface area contributed by atoms with Crippen molar-refractivity contribution in [2.75, 3.05) is 13.2 Å². The molecule has 1 aliphatic heterocycles. The largest absolute Gasteiger partial charge is 0.466 e. The number of nitrogens with zero attached hydrogens (tertiary/aromatic N) is 1. The second-order valence-electron chi connectivity index (χ2n) is 4.64. The lowest BCUT2D eigenvalue weighted by Crippen LogP contribution is -2.30. The second kappa shape index (κ2) is 4.90. The molecule has 1 heterocycles. The van der Waals surface area contributed by atoms with Gasteiger partial charge in [0.05, 0.1) is 12.3 Å². The van der Waals surface area contributed by atoms with Crippen molar-refractivity contribution in [3.63, 3.8) is 0 Å². The van der Waals surface area contributed by atoms with Gasteiger partial charge in [-0.2, -0.15) is 0 Å². The van der Waals surface area contributed by atoms with Crippen molar-refractivity contribution in [1.29, 1.82) is 5.41 Å². The molecule has 1 aliphatic carbocycles. The molecule has 18 heavy (non-hydrogen) atoms. The Morgan fingerprint density at radius 1 is 1.33 bits per heavy atom. The van der Waals surface area contributed by atoms with E-state index in [2.05, 4.69) is 17.1 Å². The Kier molecular flexibility index (Phi) is 3.11. The average Bonchev–Trinajstić information content (AvgIpc) is 2.86. The summed E-state index contributed by atoms with van der Waals surface area (Å²) >= 11 is 0. The fourth-order valence-electron chi connectivity index (χ4n) is 2.44. The first-order chi connectivity index (χ1) is 8.85. The zero-order valence-electron chi connectivity index (χ0n) is 10.2. The Morgan fingerprint density at radius 3 is 3.11 bits per heavy atom. The summed E-state index contributed by atoms with van der Waals surface area (Å²) in [7, 11) is 0. The zero-order chi connectivity index (χ0) is 12.4. The minimum absolute atomic E-state index is 0.324. The number of aryl methyl sites for hydroxylation is 2. The molecule has 0 saturated heterocycles.